The molecule has 1 aliphatic rings. The highest BCUT2D eigenvalue weighted by atomic mass is 16.5. The van der Waals surface area contributed by atoms with E-state index in [0.717, 1.165) is 39.0 Å². The van der Waals surface area contributed by atoms with Crippen LogP contribution in [0.3, 0.4) is 0 Å². The molecule has 0 bridgehead atoms. The molecule has 1 amide bonds. The number of carbonyl (C=O) groups is 1. The molecule has 0 atom stereocenters. The van der Waals surface area contributed by atoms with Gasteiger partial charge in [-0.1, -0.05) is 19.8 Å². The van der Waals surface area contributed by atoms with Gasteiger partial charge in [-0.15, -0.1) is 0 Å². The Morgan fingerprint density at radius 1 is 1.23 bits per heavy atom. The minimum Gasteiger partial charge on any atom is -0.493 e. The van der Waals surface area contributed by atoms with Crippen LogP contribution < -0.4 is 14.8 Å². The molecule has 1 N–H and O–H groups in total. The van der Waals surface area contributed by atoms with Gasteiger partial charge in [-0.2, -0.15) is 0 Å². The van der Waals surface area contributed by atoms with Crippen molar-refractivity contribution < 1.29 is 14.3 Å². The van der Waals surface area contributed by atoms with Crippen molar-refractivity contribution in [2.24, 2.45) is 0 Å². The van der Waals surface area contributed by atoms with E-state index >= 15 is 0 Å². The Morgan fingerprint density at radius 3 is 2.68 bits per heavy atom. The van der Waals surface area contributed by atoms with Gasteiger partial charge < -0.3 is 19.7 Å². The highest BCUT2D eigenvalue weighted by molar-refractivity contribution is 5.95. The van der Waals surface area contributed by atoms with Crippen molar-refractivity contribution in [2.45, 2.75) is 26.2 Å². The molecule has 0 saturated carbocycles. The number of amides is 1. The van der Waals surface area contributed by atoms with Gasteiger partial charge in [-0.25, -0.2) is 0 Å². The summed E-state index contributed by atoms with van der Waals surface area (Å²) in [6.45, 7) is 6.03. The molecule has 0 unspecified atom stereocenters. The average Bonchev–Trinajstić information content (AvgIpc) is 2.59. The predicted octanol–water partition coefficient (Wildman–Crippen LogP) is 2.31. The largest absolute Gasteiger partial charge is 0.493 e. The van der Waals surface area contributed by atoms with E-state index < -0.39 is 0 Å². The molecule has 5 nitrogen and oxygen atoms in total. The molecule has 0 aliphatic carbocycles. The Morgan fingerprint density at radius 2 is 2.00 bits per heavy atom. The summed E-state index contributed by atoms with van der Waals surface area (Å²) in [5.41, 5.74) is 0.652. The quantitative estimate of drug-likeness (QED) is 0.786. The van der Waals surface area contributed by atoms with Crippen molar-refractivity contribution in [1.82, 2.24) is 10.2 Å². The first-order chi connectivity index (χ1) is 10.8. The van der Waals surface area contributed by atoms with Gasteiger partial charge in [0.1, 0.15) is 0 Å². The average molecular weight is 306 g/mol. The van der Waals surface area contributed by atoms with Crippen LogP contribution in [0, 0.1) is 0 Å². The molecule has 0 radical (unpaired) electrons. The van der Waals surface area contributed by atoms with Gasteiger partial charge in [-0.05, 0) is 24.6 Å². The van der Waals surface area contributed by atoms with Crippen molar-refractivity contribution >= 4 is 5.91 Å². The summed E-state index contributed by atoms with van der Waals surface area (Å²) in [5, 5.41) is 3.25. The third-order valence-corrected chi connectivity index (χ3v) is 3.82. The maximum absolute atomic E-state index is 12.5. The second kappa shape index (κ2) is 8.63. The van der Waals surface area contributed by atoms with Crippen LogP contribution in [0.25, 0.3) is 0 Å². The Hall–Kier alpha value is -1.75. The molecule has 2 rings (SSSR count). The van der Waals surface area contributed by atoms with Gasteiger partial charge in [0.2, 0.25) is 0 Å². The molecule has 1 fully saturated rings. The lowest BCUT2D eigenvalue weighted by Crippen LogP contribution is -2.46. The lowest BCUT2D eigenvalue weighted by molar-refractivity contribution is 0.0735. The zero-order valence-electron chi connectivity index (χ0n) is 13.6. The Kier molecular flexibility index (Phi) is 6.52. The van der Waals surface area contributed by atoms with Crippen LogP contribution in [0.1, 0.15) is 36.5 Å². The van der Waals surface area contributed by atoms with Gasteiger partial charge in [-0.3, -0.25) is 4.79 Å². The van der Waals surface area contributed by atoms with Gasteiger partial charge in [0.25, 0.3) is 5.91 Å². The van der Waals surface area contributed by atoms with E-state index in [0.29, 0.717) is 23.7 Å². The lowest BCUT2D eigenvalue weighted by atomic mass is 10.1. The number of carbonyl (C=O) groups excluding carboxylic acids is 1. The molecule has 1 saturated heterocycles. The first kappa shape index (κ1) is 16.6. The van der Waals surface area contributed by atoms with Crippen molar-refractivity contribution in [3.05, 3.63) is 23.8 Å². The minimum atomic E-state index is 0.0531. The van der Waals surface area contributed by atoms with E-state index in [1.165, 1.54) is 6.42 Å². The summed E-state index contributed by atoms with van der Waals surface area (Å²) >= 11 is 0. The van der Waals surface area contributed by atoms with Crippen LogP contribution >= 0.6 is 0 Å². The molecule has 5 heteroatoms. The first-order valence-corrected chi connectivity index (χ1v) is 8.07. The maximum atomic E-state index is 12.5. The van der Waals surface area contributed by atoms with E-state index in [2.05, 4.69) is 12.2 Å². The summed E-state index contributed by atoms with van der Waals surface area (Å²) in [6, 6.07) is 5.43. The summed E-state index contributed by atoms with van der Waals surface area (Å²) in [7, 11) is 1.60. The highest BCUT2D eigenvalue weighted by Gasteiger charge is 2.19. The third-order valence-electron chi connectivity index (χ3n) is 3.82. The molecular weight excluding hydrogens is 280 g/mol. The van der Waals surface area contributed by atoms with Crippen LogP contribution in [-0.2, 0) is 0 Å². The number of ether oxygens (including phenoxy) is 2. The fraction of sp³-hybridized carbons (Fsp3) is 0.588. The topological polar surface area (TPSA) is 50.8 Å². The van der Waals surface area contributed by atoms with Crippen LogP contribution in [-0.4, -0.2) is 50.7 Å². The van der Waals surface area contributed by atoms with Crippen LogP contribution in [0.2, 0.25) is 0 Å². The summed E-state index contributed by atoms with van der Waals surface area (Å²) in [4.78, 5) is 14.3. The Labute approximate surface area is 132 Å². The standard InChI is InChI=1S/C17H26N2O3/c1-3-4-5-12-22-15-7-6-14(13-16(15)21-2)17(20)19-10-8-18-9-11-19/h6-7,13,18H,3-5,8-12H2,1-2H3. The maximum Gasteiger partial charge on any atom is 0.254 e. The number of unbranched alkanes of at least 4 members (excludes halogenated alkanes) is 2. The SMILES string of the molecule is CCCCCOc1ccc(C(=O)N2CCNCC2)cc1OC. The number of hydrogen-bond donors (Lipinski definition) is 1. The molecule has 122 valence electrons. The Balaban J connectivity index is 2.02. The van der Waals surface area contributed by atoms with E-state index in [1.54, 1.807) is 13.2 Å². The molecule has 0 aromatic heterocycles. The number of nitrogens with zero attached hydrogens (tertiary/aromatic N) is 1. The van der Waals surface area contributed by atoms with E-state index in [9.17, 15) is 4.79 Å². The van der Waals surface area contributed by atoms with Gasteiger partial charge in [0.05, 0.1) is 13.7 Å². The van der Waals surface area contributed by atoms with Crippen molar-refractivity contribution in [2.75, 3.05) is 39.9 Å². The molecule has 1 heterocycles. The second-order valence-electron chi connectivity index (χ2n) is 5.46. The van der Waals surface area contributed by atoms with Crippen molar-refractivity contribution in [3.8, 4) is 11.5 Å². The number of hydrogen-bond acceptors (Lipinski definition) is 4. The van der Waals surface area contributed by atoms with Crippen LogP contribution in [0.4, 0.5) is 0 Å². The minimum absolute atomic E-state index is 0.0531. The molecule has 22 heavy (non-hydrogen) atoms. The van der Waals surface area contributed by atoms with Crippen molar-refractivity contribution in [1.29, 1.82) is 0 Å². The van der Waals surface area contributed by atoms with E-state index in [4.69, 9.17) is 9.47 Å². The van der Waals surface area contributed by atoms with Crippen LogP contribution in [0.5, 0.6) is 11.5 Å². The molecule has 1 aromatic carbocycles. The number of nitrogens with one attached hydrogen (secondary N) is 1. The fourth-order valence-electron chi connectivity index (χ4n) is 2.50. The van der Waals surface area contributed by atoms with E-state index in [1.807, 2.05) is 17.0 Å². The van der Waals surface area contributed by atoms with Gasteiger partial charge in [0.15, 0.2) is 11.5 Å². The first-order valence-electron chi connectivity index (χ1n) is 8.07. The normalized spacial score (nSPS) is 14.7. The molecular formula is C17H26N2O3. The van der Waals surface area contributed by atoms with Crippen molar-refractivity contribution in [3.63, 3.8) is 0 Å². The van der Waals surface area contributed by atoms with Gasteiger partial charge in [0, 0.05) is 31.7 Å². The number of rotatable bonds is 7. The predicted molar refractivity (Wildman–Crippen MR) is 86.8 cm³/mol. The summed E-state index contributed by atoms with van der Waals surface area (Å²) in [5.74, 6) is 1.38. The smallest absolute Gasteiger partial charge is 0.254 e. The molecule has 0 spiro atoms. The number of benzene rings is 1. The number of piperazine rings is 1. The summed E-state index contributed by atoms with van der Waals surface area (Å²) < 4.78 is 11.1. The van der Waals surface area contributed by atoms with E-state index in [-0.39, 0.29) is 5.91 Å². The summed E-state index contributed by atoms with van der Waals surface area (Å²) in [6.07, 6.45) is 3.35. The van der Waals surface area contributed by atoms with Crippen LogP contribution in [0.15, 0.2) is 18.2 Å². The lowest BCUT2D eigenvalue weighted by Gasteiger charge is -2.27. The van der Waals surface area contributed by atoms with Gasteiger partial charge >= 0.3 is 0 Å². The fourth-order valence-corrected chi connectivity index (χ4v) is 2.50. The molecule has 1 aliphatic heterocycles. The second-order valence-corrected chi connectivity index (χ2v) is 5.46. The zero-order chi connectivity index (χ0) is 15.8. The Bertz CT molecular complexity index is 485. The monoisotopic (exact) mass is 306 g/mol. The molecule has 1 aromatic rings. The zero-order valence-corrected chi connectivity index (χ0v) is 13.6. The number of methoxy groups -OCH3 is 1. The highest BCUT2D eigenvalue weighted by Crippen LogP contribution is 2.28. The third kappa shape index (κ3) is 4.37.